The summed E-state index contributed by atoms with van der Waals surface area (Å²) in [5.74, 6) is 0.113. The highest BCUT2D eigenvalue weighted by Crippen LogP contribution is 2.27. The molecule has 1 saturated heterocycles. The molecule has 2 rings (SSSR count). The summed E-state index contributed by atoms with van der Waals surface area (Å²) in [5.41, 5.74) is 1.31. The summed E-state index contributed by atoms with van der Waals surface area (Å²) < 4.78 is 1.00. The van der Waals surface area contributed by atoms with Crippen LogP contribution in [0.5, 0.6) is 0 Å². The number of nitrogens with one attached hydrogen (secondary N) is 2. The Morgan fingerprint density at radius 2 is 2.14 bits per heavy atom. The van der Waals surface area contributed by atoms with Crippen molar-refractivity contribution in [2.24, 2.45) is 5.41 Å². The van der Waals surface area contributed by atoms with Gasteiger partial charge in [0, 0.05) is 22.5 Å². The number of benzene rings is 1. The summed E-state index contributed by atoms with van der Waals surface area (Å²) in [6, 6.07) is 5.67. The van der Waals surface area contributed by atoms with Crippen molar-refractivity contribution < 1.29 is 4.79 Å². The molecule has 0 bridgehead atoms. The maximum Gasteiger partial charge on any atom is 0.220 e. The Morgan fingerprint density at radius 3 is 2.86 bits per heavy atom. The predicted octanol–water partition coefficient (Wildman–Crippen LogP) is 3.54. The molecule has 0 unspecified atom stereocenters. The smallest absolute Gasteiger partial charge is 0.220 e. The largest absolute Gasteiger partial charge is 0.356 e. The van der Waals surface area contributed by atoms with Gasteiger partial charge < -0.3 is 10.6 Å². The Morgan fingerprint density at radius 1 is 1.43 bits per heavy atom. The molecule has 0 saturated carbocycles. The Hall–Kier alpha value is -0.580. The summed E-state index contributed by atoms with van der Waals surface area (Å²) in [7, 11) is 0. The maximum absolute atomic E-state index is 12.0. The minimum atomic E-state index is 0.113. The van der Waals surface area contributed by atoms with Crippen molar-refractivity contribution in [3.05, 3.63) is 33.3 Å². The first-order valence-electron chi connectivity index (χ1n) is 7.40. The number of piperidine rings is 1. The molecule has 21 heavy (non-hydrogen) atoms. The standard InChI is InChI=1S/C16H22BrClN2O/c1-16(6-8-19-9-7-16)11-20-15(21)5-2-12-10-13(18)3-4-14(12)17/h3-4,10,19H,2,5-9,11H2,1H3,(H,20,21). The third kappa shape index (κ3) is 5.28. The fourth-order valence-corrected chi connectivity index (χ4v) is 3.23. The second-order valence-electron chi connectivity index (χ2n) is 6.07. The van der Waals surface area contributed by atoms with Gasteiger partial charge in [0.1, 0.15) is 0 Å². The molecule has 1 amide bonds. The van der Waals surface area contributed by atoms with E-state index in [0.29, 0.717) is 17.9 Å². The quantitative estimate of drug-likeness (QED) is 0.829. The van der Waals surface area contributed by atoms with E-state index in [9.17, 15) is 4.79 Å². The highest BCUT2D eigenvalue weighted by atomic mass is 79.9. The number of hydrogen-bond acceptors (Lipinski definition) is 2. The van der Waals surface area contributed by atoms with Crippen molar-refractivity contribution in [3.8, 4) is 0 Å². The van der Waals surface area contributed by atoms with Gasteiger partial charge in [0.2, 0.25) is 5.91 Å². The third-order valence-electron chi connectivity index (χ3n) is 4.15. The van der Waals surface area contributed by atoms with Gasteiger partial charge in [-0.25, -0.2) is 0 Å². The molecule has 1 fully saturated rings. The van der Waals surface area contributed by atoms with Gasteiger partial charge in [0.25, 0.3) is 0 Å². The highest BCUT2D eigenvalue weighted by molar-refractivity contribution is 9.10. The summed E-state index contributed by atoms with van der Waals surface area (Å²) in [5, 5.41) is 7.14. The van der Waals surface area contributed by atoms with E-state index in [1.165, 1.54) is 0 Å². The second-order valence-corrected chi connectivity index (χ2v) is 7.36. The lowest BCUT2D eigenvalue weighted by atomic mass is 9.81. The minimum Gasteiger partial charge on any atom is -0.356 e. The molecule has 1 aromatic carbocycles. The number of aryl methyl sites for hydroxylation is 1. The van der Waals surface area contributed by atoms with Crippen molar-refractivity contribution >= 4 is 33.4 Å². The molecule has 1 heterocycles. The third-order valence-corrected chi connectivity index (χ3v) is 5.16. The van der Waals surface area contributed by atoms with E-state index < -0.39 is 0 Å². The molecule has 0 spiro atoms. The number of carbonyl (C=O) groups is 1. The van der Waals surface area contributed by atoms with Crippen molar-refractivity contribution in [2.45, 2.75) is 32.6 Å². The molecular weight excluding hydrogens is 352 g/mol. The Labute approximate surface area is 140 Å². The SMILES string of the molecule is CC1(CNC(=O)CCc2cc(Cl)ccc2Br)CCNCC1. The minimum absolute atomic E-state index is 0.113. The van der Waals surface area contributed by atoms with Crippen LogP contribution < -0.4 is 10.6 Å². The van der Waals surface area contributed by atoms with E-state index in [1.54, 1.807) is 0 Å². The van der Waals surface area contributed by atoms with Gasteiger partial charge in [-0.2, -0.15) is 0 Å². The molecule has 0 atom stereocenters. The molecule has 3 nitrogen and oxygen atoms in total. The Balaban J connectivity index is 1.78. The predicted molar refractivity (Wildman–Crippen MR) is 90.7 cm³/mol. The van der Waals surface area contributed by atoms with E-state index in [0.717, 1.165) is 42.5 Å². The van der Waals surface area contributed by atoms with Crippen LogP contribution in [0, 0.1) is 5.41 Å². The number of carbonyl (C=O) groups excluding carboxylic acids is 1. The van der Waals surface area contributed by atoms with Crippen molar-refractivity contribution in [1.29, 1.82) is 0 Å². The average Bonchev–Trinajstić information content (AvgIpc) is 2.47. The van der Waals surface area contributed by atoms with Crippen molar-refractivity contribution in [1.82, 2.24) is 10.6 Å². The number of rotatable bonds is 5. The molecule has 0 aromatic heterocycles. The first-order valence-corrected chi connectivity index (χ1v) is 8.57. The monoisotopic (exact) mass is 372 g/mol. The van der Waals surface area contributed by atoms with Crippen LogP contribution in [-0.2, 0) is 11.2 Å². The number of amides is 1. The lowest BCUT2D eigenvalue weighted by Gasteiger charge is -2.34. The molecule has 1 aliphatic rings. The van der Waals surface area contributed by atoms with E-state index in [4.69, 9.17) is 11.6 Å². The van der Waals surface area contributed by atoms with Crippen LogP contribution in [-0.4, -0.2) is 25.5 Å². The first-order chi connectivity index (χ1) is 9.98. The van der Waals surface area contributed by atoms with Gasteiger partial charge in [0.15, 0.2) is 0 Å². The Kier molecular flexibility index (Phi) is 6.08. The van der Waals surface area contributed by atoms with Crippen LogP contribution in [0.25, 0.3) is 0 Å². The fourth-order valence-electron chi connectivity index (χ4n) is 2.59. The summed E-state index contributed by atoms with van der Waals surface area (Å²) >= 11 is 9.48. The molecule has 1 aliphatic heterocycles. The maximum atomic E-state index is 12.0. The first kappa shape index (κ1) is 16.8. The zero-order valence-corrected chi connectivity index (χ0v) is 14.7. The lowest BCUT2D eigenvalue weighted by molar-refractivity contribution is -0.121. The van der Waals surface area contributed by atoms with Gasteiger partial charge in [0.05, 0.1) is 0 Å². The van der Waals surface area contributed by atoms with E-state index in [2.05, 4.69) is 33.5 Å². The van der Waals surface area contributed by atoms with Crippen LogP contribution in [0.2, 0.25) is 5.02 Å². The molecular formula is C16H22BrClN2O. The molecule has 1 aromatic rings. The van der Waals surface area contributed by atoms with Crippen LogP contribution in [0.15, 0.2) is 22.7 Å². The normalized spacial score (nSPS) is 17.5. The second kappa shape index (κ2) is 7.61. The molecule has 0 radical (unpaired) electrons. The van der Waals surface area contributed by atoms with Gasteiger partial charge in [-0.15, -0.1) is 0 Å². The van der Waals surface area contributed by atoms with Gasteiger partial charge in [-0.3, -0.25) is 4.79 Å². The average molecular weight is 374 g/mol. The molecule has 2 N–H and O–H groups in total. The lowest BCUT2D eigenvalue weighted by Crippen LogP contribution is -2.42. The zero-order valence-electron chi connectivity index (χ0n) is 12.3. The van der Waals surface area contributed by atoms with Gasteiger partial charge in [-0.1, -0.05) is 34.5 Å². The van der Waals surface area contributed by atoms with Crippen LogP contribution in [0.3, 0.4) is 0 Å². The van der Waals surface area contributed by atoms with E-state index >= 15 is 0 Å². The summed E-state index contributed by atoms with van der Waals surface area (Å²) in [6.07, 6.45) is 3.43. The summed E-state index contributed by atoms with van der Waals surface area (Å²) in [6.45, 7) is 5.11. The Bertz CT molecular complexity index is 501. The molecule has 116 valence electrons. The summed E-state index contributed by atoms with van der Waals surface area (Å²) in [4.78, 5) is 12.0. The van der Waals surface area contributed by atoms with Crippen LogP contribution >= 0.6 is 27.5 Å². The van der Waals surface area contributed by atoms with Crippen molar-refractivity contribution in [2.75, 3.05) is 19.6 Å². The molecule has 0 aliphatic carbocycles. The van der Waals surface area contributed by atoms with E-state index in [1.807, 2.05) is 18.2 Å². The zero-order chi connectivity index (χ0) is 15.3. The van der Waals surface area contributed by atoms with Gasteiger partial charge >= 0.3 is 0 Å². The highest BCUT2D eigenvalue weighted by Gasteiger charge is 2.26. The number of halogens is 2. The van der Waals surface area contributed by atoms with Crippen LogP contribution in [0.1, 0.15) is 31.7 Å². The van der Waals surface area contributed by atoms with Crippen molar-refractivity contribution in [3.63, 3.8) is 0 Å². The van der Waals surface area contributed by atoms with Crippen LogP contribution in [0.4, 0.5) is 0 Å². The number of hydrogen-bond donors (Lipinski definition) is 2. The molecule has 5 heteroatoms. The van der Waals surface area contributed by atoms with Gasteiger partial charge in [-0.05, 0) is 61.5 Å². The topological polar surface area (TPSA) is 41.1 Å². The fraction of sp³-hybridized carbons (Fsp3) is 0.562. The van der Waals surface area contributed by atoms with E-state index in [-0.39, 0.29) is 11.3 Å².